The van der Waals surface area contributed by atoms with E-state index in [1.54, 1.807) is 0 Å². The first-order valence-corrected chi connectivity index (χ1v) is 14.1. The van der Waals surface area contributed by atoms with Gasteiger partial charge in [0, 0.05) is 58.4 Å². The number of likely N-dealkylation sites (tertiary alicyclic amines) is 2. The number of pyridine rings is 1. The molecule has 6 rings (SSSR count). The number of aromatic nitrogens is 3. The fourth-order valence-electron chi connectivity index (χ4n) is 6.31. The standard InChI is InChI=1S/C27H36F3N7O/c28-27(29,30)21-14-23(37-7-3-1-2-4-8-37)33-22-15-31-25(34-24(21)22)26(38)32-20-5-9-35(10-6-20)11-12-36-16-18-13-19(18)17-36/h14-15,18-20H,1-13,16-17H2,(H,32,38). The molecule has 1 saturated carbocycles. The Labute approximate surface area is 221 Å². The summed E-state index contributed by atoms with van der Waals surface area (Å²) in [5.74, 6) is 1.39. The average molecular weight is 532 g/mol. The number of nitrogens with zero attached hydrogens (tertiary/aromatic N) is 6. The second kappa shape index (κ2) is 10.6. The van der Waals surface area contributed by atoms with Crippen molar-refractivity contribution >= 4 is 22.8 Å². The molecule has 3 saturated heterocycles. The molecule has 0 bridgehead atoms. The Kier molecular flexibility index (Phi) is 7.15. The van der Waals surface area contributed by atoms with Crippen LogP contribution in [0, 0.1) is 11.8 Å². The van der Waals surface area contributed by atoms with Crippen LogP contribution in [0.2, 0.25) is 0 Å². The van der Waals surface area contributed by atoms with E-state index in [0.29, 0.717) is 18.9 Å². The van der Waals surface area contributed by atoms with E-state index in [1.165, 1.54) is 25.7 Å². The van der Waals surface area contributed by atoms with Crippen molar-refractivity contribution in [3.63, 3.8) is 0 Å². The predicted molar refractivity (Wildman–Crippen MR) is 138 cm³/mol. The van der Waals surface area contributed by atoms with Crippen molar-refractivity contribution in [2.24, 2.45) is 11.8 Å². The van der Waals surface area contributed by atoms with Crippen molar-refractivity contribution in [2.45, 2.75) is 57.2 Å². The highest BCUT2D eigenvalue weighted by Gasteiger charge is 2.44. The highest BCUT2D eigenvalue weighted by atomic mass is 19.4. The first-order chi connectivity index (χ1) is 18.3. The summed E-state index contributed by atoms with van der Waals surface area (Å²) in [6.45, 7) is 7.77. The molecule has 3 aliphatic heterocycles. The van der Waals surface area contributed by atoms with Gasteiger partial charge in [0.25, 0.3) is 5.91 Å². The first-order valence-electron chi connectivity index (χ1n) is 14.1. The molecule has 0 aromatic carbocycles. The van der Waals surface area contributed by atoms with Gasteiger partial charge < -0.3 is 20.0 Å². The minimum absolute atomic E-state index is 0.0388. The maximum atomic E-state index is 14.1. The minimum atomic E-state index is -4.62. The van der Waals surface area contributed by atoms with Crippen LogP contribution in [0.1, 0.15) is 61.1 Å². The van der Waals surface area contributed by atoms with Crippen LogP contribution in [0.4, 0.5) is 19.0 Å². The first kappa shape index (κ1) is 25.7. The lowest BCUT2D eigenvalue weighted by molar-refractivity contribution is -0.136. The third-order valence-electron chi connectivity index (χ3n) is 8.68. The van der Waals surface area contributed by atoms with Crippen LogP contribution < -0.4 is 10.2 Å². The van der Waals surface area contributed by atoms with Crippen LogP contribution in [0.5, 0.6) is 0 Å². The maximum Gasteiger partial charge on any atom is 0.418 e. The van der Waals surface area contributed by atoms with Gasteiger partial charge in [-0.15, -0.1) is 0 Å². The van der Waals surface area contributed by atoms with E-state index >= 15 is 0 Å². The van der Waals surface area contributed by atoms with Crippen molar-refractivity contribution in [1.82, 2.24) is 30.1 Å². The quantitative estimate of drug-likeness (QED) is 0.611. The van der Waals surface area contributed by atoms with Crippen LogP contribution in [-0.2, 0) is 6.18 Å². The highest BCUT2D eigenvalue weighted by molar-refractivity contribution is 5.93. The lowest BCUT2D eigenvalue weighted by Gasteiger charge is -2.33. The second-order valence-corrected chi connectivity index (χ2v) is 11.5. The average Bonchev–Trinajstić information content (AvgIpc) is 3.61. The van der Waals surface area contributed by atoms with E-state index in [4.69, 9.17) is 0 Å². The van der Waals surface area contributed by atoms with Gasteiger partial charge in [-0.2, -0.15) is 13.2 Å². The largest absolute Gasteiger partial charge is 0.418 e. The summed E-state index contributed by atoms with van der Waals surface area (Å²) in [5, 5.41) is 2.95. The number of amides is 1. The molecule has 2 atom stereocenters. The minimum Gasteiger partial charge on any atom is -0.357 e. The molecule has 4 fully saturated rings. The lowest BCUT2D eigenvalue weighted by Crippen LogP contribution is -2.46. The summed E-state index contributed by atoms with van der Waals surface area (Å²) >= 11 is 0. The number of nitrogens with one attached hydrogen (secondary N) is 1. The number of carbonyl (C=O) groups excluding carboxylic acids is 1. The molecule has 11 heteroatoms. The van der Waals surface area contributed by atoms with E-state index in [9.17, 15) is 18.0 Å². The molecular formula is C27H36F3N7O. The van der Waals surface area contributed by atoms with Gasteiger partial charge in [-0.05, 0) is 50.0 Å². The van der Waals surface area contributed by atoms with Crippen molar-refractivity contribution in [3.8, 4) is 0 Å². The Morgan fingerprint density at radius 3 is 2.32 bits per heavy atom. The number of halogens is 3. The fraction of sp³-hybridized carbons (Fsp3) is 0.704. The molecule has 2 aromatic heterocycles. The van der Waals surface area contributed by atoms with Crippen molar-refractivity contribution < 1.29 is 18.0 Å². The lowest BCUT2D eigenvalue weighted by atomic mass is 10.0. The summed E-state index contributed by atoms with van der Waals surface area (Å²) in [6, 6.07) is 1.03. The van der Waals surface area contributed by atoms with Crippen molar-refractivity contribution in [2.75, 3.05) is 57.3 Å². The number of hydrogen-bond donors (Lipinski definition) is 1. The van der Waals surface area contributed by atoms with Crippen LogP contribution >= 0.6 is 0 Å². The van der Waals surface area contributed by atoms with Gasteiger partial charge in [-0.3, -0.25) is 4.79 Å². The number of rotatable bonds is 6. The van der Waals surface area contributed by atoms with Gasteiger partial charge in [-0.25, -0.2) is 15.0 Å². The summed E-state index contributed by atoms with van der Waals surface area (Å²) in [4.78, 5) is 32.5. The molecule has 5 heterocycles. The van der Waals surface area contributed by atoms with Crippen molar-refractivity contribution in [1.29, 1.82) is 0 Å². The highest BCUT2D eigenvalue weighted by Crippen LogP contribution is 2.44. The fourth-order valence-corrected chi connectivity index (χ4v) is 6.31. The third kappa shape index (κ3) is 5.73. The van der Waals surface area contributed by atoms with Crippen LogP contribution in [0.15, 0.2) is 12.3 Å². The van der Waals surface area contributed by atoms with Crippen molar-refractivity contribution in [3.05, 3.63) is 23.7 Å². The molecule has 4 aliphatic rings. The normalized spacial score (nSPS) is 25.4. The smallest absolute Gasteiger partial charge is 0.357 e. The Morgan fingerprint density at radius 1 is 0.947 bits per heavy atom. The van der Waals surface area contributed by atoms with Gasteiger partial charge in [0.1, 0.15) is 16.9 Å². The zero-order chi connectivity index (χ0) is 26.3. The molecular weight excluding hydrogens is 495 g/mol. The summed E-state index contributed by atoms with van der Waals surface area (Å²) < 4.78 is 42.2. The zero-order valence-electron chi connectivity index (χ0n) is 21.7. The number of anilines is 1. The van der Waals surface area contributed by atoms with Crippen LogP contribution in [-0.4, -0.2) is 89.1 Å². The summed E-state index contributed by atoms with van der Waals surface area (Å²) in [6.07, 6.45) is 3.63. The Hall–Kier alpha value is -2.53. The van der Waals surface area contributed by atoms with Gasteiger partial charge in [-0.1, -0.05) is 12.8 Å². The van der Waals surface area contributed by atoms with Gasteiger partial charge in [0.15, 0.2) is 0 Å². The molecule has 1 N–H and O–H groups in total. The molecule has 206 valence electrons. The second-order valence-electron chi connectivity index (χ2n) is 11.5. The molecule has 8 nitrogen and oxygen atoms in total. The SMILES string of the molecule is O=C(NC1CCN(CCN2CC3CC3C2)CC1)c1ncc2nc(N3CCCCCC3)cc(C(F)(F)F)c2n1. The monoisotopic (exact) mass is 531 g/mol. The van der Waals surface area contributed by atoms with E-state index in [1.807, 2.05) is 4.90 Å². The number of piperidine rings is 2. The number of hydrogen-bond acceptors (Lipinski definition) is 7. The Balaban J connectivity index is 1.10. The Morgan fingerprint density at radius 2 is 1.63 bits per heavy atom. The van der Waals surface area contributed by atoms with E-state index in [2.05, 4.69) is 30.1 Å². The molecule has 1 amide bonds. The predicted octanol–water partition coefficient (Wildman–Crippen LogP) is 3.57. The van der Waals surface area contributed by atoms with Gasteiger partial charge >= 0.3 is 6.18 Å². The zero-order valence-corrected chi connectivity index (χ0v) is 21.7. The molecule has 2 unspecified atom stereocenters. The van der Waals surface area contributed by atoms with Crippen LogP contribution in [0.25, 0.3) is 11.0 Å². The molecule has 0 spiro atoms. The van der Waals surface area contributed by atoms with E-state index in [0.717, 1.165) is 82.6 Å². The molecule has 0 radical (unpaired) electrons. The van der Waals surface area contributed by atoms with Gasteiger partial charge in [0.05, 0.1) is 11.8 Å². The van der Waals surface area contributed by atoms with E-state index < -0.39 is 17.6 Å². The van der Waals surface area contributed by atoms with Crippen LogP contribution in [0.3, 0.4) is 0 Å². The number of fused-ring (bicyclic) bond motifs is 2. The molecule has 38 heavy (non-hydrogen) atoms. The topological polar surface area (TPSA) is 77.5 Å². The molecule has 2 aromatic rings. The van der Waals surface area contributed by atoms with E-state index in [-0.39, 0.29) is 22.9 Å². The number of alkyl halides is 3. The number of carbonyl (C=O) groups is 1. The maximum absolute atomic E-state index is 14.1. The third-order valence-corrected chi connectivity index (χ3v) is 8.68. The Bertz CT molecular complexity index is 1150. The summed E-state index contributed by atoms with van der Waals surface area (Å²) in [5.41, 5.74) is -1.15. The summed E-state index contributed by atoms with van der Waals surface area (Å²) in [7, 11) is 0. The molecule has 1 aliphatic carbocycles. The van der Waals surface area contributed by atoms with Gasteiger partial charge in [0.2, 0.25) is 5.82 Å².